The molecular formula is C15H17N5O. The maximum absolute atomic E-state index is 9.31. The second-order valence-electron chi connectivity index (χ2n) is 4.99. The van der Waals surface area contributed by atoms with E-state index in [-0.39, 0.29) is 0 Å². The van der Waals surface area contributed by atoms with Gasteiger partial charge in [-0.25, -0.2) is 0 Å². The largest absolute Gasteiger partial charge is 0.494 e. The number of rotatable bonds is 3. The number of ether oxygens (including phenoxy) is 1. The van der Waals surface area contributed by atoms with Gasteiger partial charge in [0, 0.05) is 13.1 Å². The van der Waals surface area contributed by atoms with Gasteiger partial charge in [0.15, 0.2) is 5.82 Å². The highest BCUT2D eigenvalue weighted by Crippen LogP contribution is 2.25. The monoisotopic (exact) mass is 283 g/mol. The molecule has 6 heteroatoms. The third kappa shape index (κ3) is 2.55. The molecule has 0 saturated carbocycles. The minimum absolute atomic E-state index is 0.364. The van der Waals surface area contributed by atoms with Crippen LogP contribution in [0.25, 0.3) is 5.69 Å². The third-order valence-electron chi connectivity index (χ3n) is 3.66. The van der Waals surface area contributed by atoms with E-state index in [0.29, 0.717) is 17.3 Å². The zero-order valence-corrected chi connectivity index (χ0v) is 12.0. The number of piperidine rings is 1. The molecule has 0 unspecified atom stereocenters. The average Bonchev–Trinajstić information content (AvgIpc) is 2.99. The van der Waals surface area contributed by atoms with Crippen LogP contribution in [0.3, 0.4) is 0 Å². The predicted molar refractivity (Wildman–Crippen MR) is 78.7 cm³/mol. The van der Waals surface area contributed by atoms with Crippen LogP contribution < -0.4 is 9.64 Å². The quantitative estimate of drug-likeness (QED) is 0.863. The Hall–Kier alpha value is -2.55. The van der Waals surface area contributed by atoms with Gasteiger partial charge in [-0.2, -0.15) is 5.26 Å². The number of methoxy groups -OCH3 is 1. The Morgan fingerprint density at radius 2 is 1.90 bits per heavy atom. The molecule has 0 N–H and O–H groups in total. The van der Waals surface area contributed by atoms with Crippen molar-refractivity contribution in [3.63, 3.8) is 0 Å². The van der Waals surface area contributed by atoms with Crippen molar-refractivity contribution in [2.45, 2.75) is 19.3 Å². The molecule has 1 saturated heterocycles. The summed E-state index contributed by atoms with van der Waals surface area (Å²) in [7, 11) is 1.61. The van der Waals surface area contributed by atoms with Crippen LogP contribution in [0.4, 0.5) is 5.82 Å². The van der Waals surface area contributed by atoms with Gasteiger partial charge >= 0.3 is 0 Å². The van der Waals surface area contributed by atoms with Crippen LogP contribution in [0.1, 0.15) is 25.0 Å². The van der Waals surface area contributed by atoms with Gasteiger partial charge in [-0.1, -0.05) is 12.1 Å². The number of para-hydroxylation sites is 2. The van der Waals surface area contributed by atoms with Crippen LogP contribution in [-0.4, -0.2) is 35.2 Å². The summed E-state index contributed by atoms with van der Waals surface area (Å²) in [5.74, 6) is 1.35. The smallest absolute Gasteiger partial charge is 0.207 e. The number of aromatic nitrogens is 3. The Bertz CT molecular complexity index is 667. The van der Waals surface area contributed by atoms with Gasteiger partial charge in [-0.15, -0.1) is 15.0 Å². The number of nitriles is 1. The second kappa shape index (κ2) is 5.83. The molecule has 0 spiro atoms. The van der Waals surface area contributed by atoms with Crippen LogP contribution >= 0.6 is 0 Å². The molecule has 2 heterocycles. The molecule has 0 amide bonds. The maximum Gasteiger partial charge on any atom is 0.207 e. The Morgan fingerprint density at radius 3 is 2.62 bits per heavy atom. The lowest BCUT2D eigenvalue weighted by molar-refractivity contribution is 0.410. The second-order valence-corrected chi connectivity index (χ2v) is 4.99. The molecule has 108 valence electrons. The van der Waals surface area contributed by atoms with Crippen molar-refractivity contribution in [3.8, 4) is 17.5 Å². The van der Waals surface area contributed by atoms with Crippen LogP contribution in [0.2, 0.25) is 0 Å². The molecule has 21 heavy (non-hydrogen) atoms. The number of hydrogen-bond donors (Lipinski definition) is 0. The summed E-state index contributed by atoms with van der Waals surface area (Å²) in [6.45, 7) is 1.86. The Balaban J connectivity index is 2.01. The van der Waals surface area contributed by atoms with Crippen molar-refractivity contribution in [1.29, 1.82) is 5.26 Å². The molecule has 1 aliphatic rings. The first-order valence-electron chi connectivity index (χ1n) is 7.09. The van der Waals surface area contributed by atoms with Crippen LogP contribution in [0.5, 0.6) is 5.75 Å². The molecule has 1 aromatic heterocycles. The molecule has 0 radical (unpaired) electrons. The summed E-state index contributed by atoms with van der Waals surface area (Å²) >= 11 is 0. The lowest BCUT2D eigenvalue weighted by Crippen LogP contribution is -2.30. The molecule has 2 aromatic rings. The molecule has 1 fully saturated rings. The van der Waals surface area contributed by atoms with Crippen molar-refractivity contribution in [2.24, 2.45) is 0 Å². The Morgan fingerprint density at radius 1 is 1.14 bits per heavy atom. The van der Waals surface area contributed by atoms with Gasteiger partial charge < -0.3 is 9.64 Å². The molecule has 3 rings (SSSR count). The summed E-state index contributed by atoms with van der Waals surface area (Å²) in [6.07, 6.45) is 3.50. The molecule has 0 atom stereocenters. The van der Waals surface area contributed by atoms with E-state index in [1.165, 1.54) is 11.2 Å². The van der Waals surface area contributed by atoms with E-state index in [1.54, 1.807) is 7.11 Å². The maximum atomic E-state index is 9.31. The minimum Gasteiger partial charge on any atom is -0.494 e. The number of anilines is 1. The summed E-state index contributed by atoms with van der Waals surface area (Å²) in [4.78, 5) is 3.63. The zero-order valence-electron chi connectivity index (χ0n) is 12.0. The van der Waals surface area contributed by atoms with Gasteiger partial charge in [0.2, 0.25) is 5.69 Å². The van der Waals surface area contributed by atoms with E-state index in [2.05, 4.69) is 21.2 Å². The summed E-state index contributed by atoms with van der Waals surface area (Å²) in [6, 6.07) is 9.66. The molecule has 1 aliphatic heterocycles. The fourth-order valence-corrected chi connectivity index (χ4v) is 2.59. The van der Waals surface area contributed by atoms with Gasteiger partial charge in [-0.3, -0.25) is 0 Å². The highest BCUT2D eigenvalue weighted by molar-refractivity contribution is 5.52. The van der Waals surface area contributed by atoms with E-state index >= 15 is 0 Å². The first kappa shape index (κ1) is 13.4. The molecule has 1 aromatic carbocycles. The Kier molecular flexibility index (Phi) is 3.73. The van der Waals surface area contributed by atoms with E-state index in [0.717, 1.165) is 31.6 Å². The van der Waals surface area contributed by atoms with Crippen molar-refractivity contribution < 1.29 is 4.74 Å². The standard InChI is InChI=1S/C15H17N5O/c1-21-14-8-4-3-7-13(14)20-17-12(11-16)15(18-20)19-9-5-2-6-10-19/h3-4,7-8H,2,5-6,9-10H2,1H3. The Labute approximate surface area is 123 Å². The lowest BCUT2D eigenvalue weighted by atomic mass is 10.1. The number of hydrogen-bond acceptors (Lipinski definition) is 5. The van der Waals surface area contributed by atoms with E-state index in [4.69, 9.17) is 4.74 Å². The molecule has 6 nitrogen and oxygen atoms in total. The molecule has 0 aliphatic carbocycles. The van der Waals surface area contributed by atoms with E-state index in [1.807, 2.05) is 24.3 Å². The van der Waals surface area contributed by atoms with Gasteiger partial charge in [-0.05, 0) is 31.4 Å². The highest BCUT2D eigenvalue weighted by Gasteiger charge is 2.21. The first-order chi connectivity index (χ1) is 10.3. The van der Waals surface area contributed by atoms with Crippen LogP contribution in [-0.2, 0) is 0 Å². The summed E-state index contributed by atoms with van der Waals surface area (Å²) in [5.41, 5.74) is 1.10. The number of nitrogens with zero attached hydrogens (tertiary/aromatic N) is 5. The van der Waals surface area contributed by atoms with Crippen molar-refractivity contribution in [1.82, 2.24) is 15.0 Å². The van der Waals surface area contributed by atoms with Crippen molar-refractivity contribution in [2.75, 3.05) is 25.1 Å². The topological polar surface area (TPSA) is 67.0 Å². The van der Waals surface area contributed by atoms with E-state index in [9.17, 15) is 5.26 Å². The van der Waals surface area contributed by atoms with Crippen molar-refractivity contribution in [3.05, 3.63) is 30.0 Å². The van der Waals surface area contributed by atoms with Gasteiger partial charge in [0.05, 0.1) is 7.11 Å². The minimum atomic E-state index is 0.364. The van der Waals surface area contributed by atoms with E-state index < -0.39 is 0 Å². The summed E-state index contributed by atoms with van der Waals surface area (Å²) in [5, 5.41) is 18.1. The fraction of sp³-hybridized carbons (Fsp3) is 0.400. The fourth-order valence-electron chi connectivity index (χ4n) is 2.59. The third-order valence-corrected chi connectivity index (χ3v) is 3.66. The van der Waals surface area contributed by atoms with Crippen molar-refractivity contribution >= 4 is 5.82 Å². The van der Waals surface area contributed by atoms with Gasteiger partial charge in [0.25, 0.3) is 0 Å². The SMILES string of the molecule is COc1ccccc1-n1nc(C#N)c(N2CCCCC2)n1. The normalized spacial score (nSPS) is 14.8. The highest BCUT2D eigenvalue weighted by atomic mass is 16.5. The summed E-state index contributed by atoms with van der Waals surface area (Å²) < 4.78 is 5.33. The van der Waals surface area contributed by atoms with Crippen LogP contribution in [0.15, 0.2) is 24.3 Å². The average molecular weight is 283 g/mol. The lowest BCUT2D eigenvalue weighted by Gasteiger charge is -2.26. The first-order valence-corrected chi connectivity index (χ1v) is 7.09. The predicted octanol–water partition coefficient (Wildman–Crippen LogP) is 2.14. The van der Waals surface area contributed by atoms with Crippen LogP contribution in [0, 0.1) is 11.3 Å². The molecular weight excluding hydrogens is 266 g/mol. The zero-order chi connectivity index (χ0) is 14.7. The molecule has 0 bridgehead atoms. The van der Waals surface area contributed by atoms with Gasteiger partial charge in [0.1, 0.15) is 17.5 Å². The number of benzene rings is 1.